The summed E-state index contributed by atoms with van der Waals surface area (Å²) in [6, 6.07) is 0.142. The van der Waals surface area contributed by atoms with E-state index < -0.39 is 5.60 Å². The minimum absolute atomic E-state index is 0.0578. The van der Waals surface area contributed by atoms with Crippen LogP contribution < -0.4 is 10.6 Å². The minimum atomic E-state index is -0.839. The SMILES string of the molecule is COCCC(C)(O)CNCC(=O)NC(C)C. The topological polar surface area (TPSA) is 70.6 Å². The third-order valence-electron chi connectivity index (χ3n) is 2.09. The van der Waals surface area contributed by atoms with Gasteiger partial charge in [0.15, 0.2) is 0 Å². The van der Waals surface area contributed by atoms with Crippen molar-refractivity contribution in [3.63, 3.8) is 0 Å². The van der Waals surface area contributed by atoms with Gasteiger partial charge < -0.3 is 20.5 Å². The number of amides is 1. The van der Waals surface area contributed by atoms with Gasteiger partial charge in [0, 0.05) is 32.7 Å². The van der Waals surface area contributed by atoms with Gasteiger partial charge in [-0.3, -0.25) is 4.79 Å². The molecule has 0 saturated carbocycles. The molecule has 0 aliphatic rings. The first-order valence-corrected chi connectivity index (χ1v) is 5.59. The lowest BCUT2D eigenvalue weighted by atomic mass is 10.0. The zero-order chi connectivity index (χ0) is 12.6. The highest BCUT2D eigenvalue weighted by atomic mass is 16.5. The first kappa shape index (κ1) is 15.3. The molecule has 3 N–H and O–H groups in total. The molecule has 1 amide bonds. The van der Waals surface area contributed by atoms with Gasteiger partial charge in [-0.25, -0.2) is 0 Å². The Balaban J connectivity index is 3.67. The summed E-state index contributed by atoms with van der Waals surface area (Å²) >= 11 is 0. The predicted octanol–water partition coefficient (Wildman–Crippen LogP) is -0.112. The van der Waals surface area contributed by atoms with Crippen molar-refractivity contribution in [1.82, 2.24) is 10.6 Å². The molecular formula is C11H24N2O3. The van der Waals surface area contributed by atoms with Gasteiger partial charge in [0.2, 0.25) is 5.91 Å². The highest BCUT2D eigenvalue weighted by Crippen LogP contribution is 2.06. The summed E-state index contributed by atoms with van der Waals surface area (Å²) in [5, 5.41) is 15.6. The molecule has 1 atom stereocenters. The molecule has 0 saturated heterocycles. The number of nitrogens with one attached hydrogen (secondary N) is 2. The van der Waals surface area contributed by atoms with Crippen LogP contribution in [0.1, 0.15) is 27.2 Å². The largest absolute Gasteiger partial charge is 0.389 e. The molecule has 0 aromatic carbocycles. The number of aliphatic hydroxyl groups is 1. The second kappa shape index (κ2) is 7.60. The second-order valence-electron chi connectivity index (χ2n) is 4.57. The van der Waals surface area contributed by atoms with E-state index in [1.165, 1.54) is 0 Å². The van der Waals surface area contributed by atoms with Crippen LogP contribution in [0.3, 0.4) is 0 Å². The van der Waals surface area contributed by atoms with Crippen LogP contribution in [0, 0.1) is 0 Å². The summed E-state index contributed by atoms with van der Waals surface area (Å²) in [4.78, 5) is 11.3. The molecule has 0 rings (SSSR count). The number of hydrogen-bond acceptors (Lipinski definition) is 4. The summed E-state index contributed by atoms with van der Waals surface area (Å²) in [5.41, 5.74) is -0.839. The average molecular weight is 232 g/mol. The van der Waals surface area contributed by atoms with Crippen molar-refractivity contribution in [2.45, 2.75) is 38.8 Å². The lowest BCUT2D eigenvalue weighted by Crippen LogP contribution is -2.44. The quantitative estimate of drug-likeness (QED) is 0.546. The van der Waals surface area contributed by atoms with Crippen LogP contribution in [0.4, 0.5) is 0 Å². The van der Waals surface area contributed by atoms with Crippen LogP contribution in [-0.4, -0.2) is 49.5 Å². The number of hydrogen-bond donors (Lipinski definition) is 3. The van der Waals surface area contributed by atoms with Gasteiger partial charge in [-0.05, 0) is 20.8 Å². The van der Waals surface area contributed by atoms with Crippen LogP contribution in [0.15, 0.2) is 0 Å². The summed E-state index contributed by atoms with van der Waals surface area (Å²) in [7, 11) is 1.60. The average Bonchev–Trinajstić information content (AvgIpc) is 2.13. The monoisotopic (exact) mass is 232 g/mol. The molecular weight excluding hydrogens is 208 g/mol. The van der Waals surface area contributed by atoms with Gasteiger partial charge in [-0.1, -0.05) is 0 Å². The van der Waals surface area contributed by atoms with Crippen molar-refractivity contribution in [3.05, 3.63) is 0 Å². The molecule has 1 unspecified atom stereocenters. The Hall–Kier alpha value is -0.650. The molecule has 0 radical (unpaired) electrons. The molecule has 0 heterocycles. The Morgan fingerprint density at radius 1 is 1.50 bits per heavy atom. The lowest BCUT2D eigenvalue weighted by Gasteiger charge is -2.23. The maximum absolute atomic E-state index is 11.3. The number of methoxy groups -OCH3 is 1. The fourth-order valence-corrected chi connectivity index (χ4v) is 1.23. The summed E-state index contributed by atoms with van der Waals surface area (Å²) in [6.07, 6.45) is 0.544. The molecule has 0 aliphatic heterocycles. The van der Waals surface area contributed by atoms with E-state index in [2.05, 4.69) is 10.6 Å². The van der Waals surface area contributed by atoms with E-state index in [1.807, 2.05) is 13.8 Å². The number of carbonyl (C=O) groups is 1. The normalized spacial score (nSPS) is 14.9. The summed E-state index contributed by atoms with van der Waals surface area (Å²) < 4.78 is 4.89. The number of rotatable bonds is 8. The summed E-state index contributed by atoms with van der Waals surface area (Å²) in [5.74, 6) is -0.0578. The van der Waals surface area contributed by atoms with Crippen molar-refractivity contribution in [2.75, 3.05) is 26.8 Å². The molecule has 0 fully saturated rings. The van der Waals surface area contributed by atoms with Crippen molar-refractivity contribution in [3.8, 4) is 0 Å². The number of carbonyl (C=O) groups excluding carboxylic acids is 1. The van der Waals surface area contributed by atoms with Crippen LogP contribution in [-0.2, 0) is 9.53 Å². The van der Waals surface area contributed by atoms with E-state index in [9.17, 15) is 9.90 Å². The molecule has 5 nitrogen and oxygen atoms in total. The smallest absolute Gasteiger partial charge is 0.234 e. The van der Waals surface area contributed by atoms with Crippen LogP contribution in [0.5, 0.6) is 0 Å². The van der Waals surface area contributed by atoms with Gasteiger partial charge in [0.1, 0.15) is 0 Å². The molecule has 0 aromatic heterocycles. The van der Waals surface area contributed by atoms with Crippen LogP contribution >= 0.6 is 0 Å². The van der Waals surface area contributed by atoms with E-state index in [4.69, 9.17) is 4.74 Å². The van der Waals surface area contributed by atoms with E-state index >= 15 is 0 Å². The lowest BCUT2D eigenvalue weighted by molar-refractivity contribution is -0.120. The predicted molar refractivity (Wildman–Crippen MR) is 63.3 cm³/mol. The van der Waals surface area contributed by atoms with Crippen molar-refractivity contribution < 1.29 is 14.6 Å². The first-order valence-electron chi connectivity index (χ1n) is 5.59. The zero-order valence-corrected chi connectivity index (χ0v) is 10.7. The Bertz CT molecular complexity index is 205. The van der Waals surface area contributed by atoms with Gasteiger partial charge in [0.05, 0.1) is 12.1 Å². The molecule has 5 heteroatoms. The van der Waals surface area contributed by atoms with Gasteiger partial charge >= 0.3 is 0 Å². The standard InChI is InChI=1S/C11H24N2O3/c1-9(2)13-10(14)7-12-8-11(3,15)5-6-16-4/h9,12,15H,5-8H2,1-4H3,(H,13,14). The first-order chi connectivity index (χ1) is 7.37. The molecule has 16 heavy (non-hydrogen) atoms. The maximum Gasteiger partial charge on any atom is 0.234 e. The highest BCUT2D eigenvalue weighted by molar-refractivity contribution is 5.78. The Kier molecular flexibility index (Phi) is 7.29. The Morgan fingerprint density at radius 2 is 2.12 bits per heavy atom. The van der Waals surface area contributed by atoms with E-state index in [-0.39, 0.29) is 18.5 Å². The van der Waals surface area contributed by atoms with Gasteiger partial charge in [-0.15, -0.1) is 0 Å². The van der Waals surface area contributed by atoms with Crippen molar-refractivity contribution >= 4 is 5.91 Å². The zero-order valence-electron chi connectivity index (χ0n) is 10.7. The molecule has 0 aromatic rings. The van der Waals surface area contributed by atoms with Crippen molar-refractivity contribution in [2.24, 2.45) is 0 Å². The highest BCUT2D eigenvalue weighted by Gasteiger charge is 2.19. The third-order valence-corrected chi connectivity index (χ3v) is 2.09. The molecule has 96 valence electrons. The van der Waals surface area contributed by atoms with Crippen LogP contribution in [0.2, 0.25) is 0 Å². The van der Waals surface area contributed by atoms with E-state index in [0.29, 0.717) is 19.6 Å². The van der Waals surface area contributed by atoms with Crippen molar-refractivity contribution in [1.29, 1.82) is 0 Å². The fourth-order valence-electron chi connectivity index (χ4n) is 1.23. The third kappa shape index (κ3) is 8.64. The van der Waals surface area contributed by atoms with E-state index in [1.54, 1.807) is 14.0 Å². The Morgan fingerprint density at radius 3 is 2.62 bits per heavy atom. The maximum atomic E-state index is 11.3. The number of ether oxygens (including phenoxy) is 1. The van der Waals surface area contributed by atoms with Gasteiger partial charge in [-0.2, -0.15) is 0 Å². The van der Waals surface area contributed by atoms with E-state index in [0.717, 1.165) is 0 Å². The molecule has 0 spiro atoms. The Labute approximate surface area is 97.6 Å². The molecule has 0 aliphatic carbocycles. The fraction of sp³-hybridized carbons (Fsp3) is 0.909. The minimum Gasteiger partial charge on any atom is -0.389 e. The molecule has 0 bridgehead atoms. The summed E-state index contributed by atoms with van der Waals surface area (Å²) in [6.45, 7) is 6.65. The van der Waals surface area contributed by atoms with Gasteiger partial charge in [0.25, 0.3) is 0 Å². The second-order valence-corrected chi connectivity index (χ2v) is 4.57. The van der Waals surface area contributed by atoms with Crippen LogP contribution in [0.25, 0.3) is 0 Å².